The van der Waals surface area contributed by atoms with Gasteiger partial charge >= 0.3 is 0 Å². The minimum atomic E-state index is -1.77. The molecule has 1 aromatic carbocycles. The van der Waals surface area contributed by atoms with Crippen LogP contribution in [0, 0.1) is 17.8 Å². The fourth-order valence-electron chi connectivity index (χ4n) is 7.50. The average molecular weight is 615 g/mol. The van der Waals surface area contributed by atoms with Gasteiger partial charge in [-0.15, -0.1) is 5.10 Å². The van der Waals surface area contributed by atoms with Crippen molar-refractivity contribution in [1.82, 2.24) is 15.0 Å². The Labute approximate surface area is 258 Å². The molecule has 0 spiro atoms. The topological polar surface area (TPSA) is 161 Å². The molecule has 44 heavy (non-hydrogen) atoms. The van der Waals surface area contributed by atoms with Crippen LogP contribution in [0.1, 0.15) is 88.3 Å². The molecule has 0 saturated heterocycles. The van der Waals surface area contributed by atoms with Crippen molar-refractivity contribution in [3.05, 3.63) is 47.3 Å². The fourth-order valence-corrected chi connectivity index (χ4v) is 7.50. The number of allylic oxidation sites excluding steroid dienone is 1. The normalized spacial score (nSPS) is 28.4. The van der Waals surface area contributed by atoms with E-state index in [1.165, 1.54) is 7.11 Å². The molecular weight excluding hydrogens is 568 g/mol. The van der Waals surface area contributed by atoms with Crippen molar-refractivity contribution < 1.29 is 39.5 Å². The average Bonchev–Trinajstić information content (AvgIpc) is 3.49. The van der Waals surface area contributed by atoms with Gasteiger partial charge in [-0.25, -0.2) is 4.68 Å². The van der Waals surface area contributed by atoms with Gasteiger partial charge in [-0.2, -0.15) is 0 Å². The number of fused-ring (bicyclic) bond motifs is 2. The van der Waals surface area contributed by atoms with Gasteiger partial charge < -0.3 is 39.5 Å². The molecule has 242 valence electrons. The third-order valence-electron chi connectivity index (χ3n) is 9.24. The van der Waals surface area contributed by atoms with Gasteiger partial charge in [0.05, 0.1) is 17.8 Å². The Hall–Kier alpha value is -3.03. The first-order valence-electron chi connectivity index (χ1n) is 15.8. The molecular formula is C32H46N4O8. The predicted molar refractivity (Wildman–Crippen MR) is 161 cm³/mol. The van der Waals surface area contributed by atoms with Crippen LogP contribution < -0.4 is 4.74 Å². The number of phenolic OH excluding ortho intramolecular Hbond substituents is 1. The van der Waals surface area contributed by atoms with Crippen molar-refractivity contribution in [1.29, 1.82) is 0 Å². The summed E-state index contributed by atoms with van der Waals surface area (Å²) in [5, 5.41) is 55.8. The molecule has 1 fully saturated rings. The smallest absolute Gasteiger partial charge is 0.238 e. The van der Waals surface area contributed by atoms with Crippen LogP contribution in [0.5, 0.6) is 11.5 Å². The number of rotatable bonds is 15. The van der Waals surface area contributed by atoms with E-state index in [2.05, 4.69) is 21.5 Å². The third-order valence-corrected chi connectivity index (χ3v) is 9.24. The predicted octanol–water partition coefficient (Wildman–Crippen LogP) is 3.98. The summed E-state index contributed by atoms with van der Waals surface area (Å²) in [4.78, 5) is 5.36. The standard InChI is InChI=1S/C32H46N4O8/c1-4-42-31(43-5-2)26-19-33-35-36(26)28-18-25(34-41-3)23-16-20(10-6-8-14-37)22(11-7-9-15-38)29-24-17-21(39)12-13-27(24)44-32(28,40)30(23)29/h12-13,16-17,19-20,22,28-31,37-40H,4-11,14-15,18H2,1-3H3/t20-,22+,28-,29+,30+,32+/m0/s1. The summed E-state index contributed by atoms with van der Waals surface area (Å²) in [5.74, 6) is -1.82. The maximum Gasteiger partial charge on any atom is 0.238 e. The maximum absolute atomic E-state index is 12.9. The molecule has 0 amide bonds. The lowest BCUT2D eigenvalue weighted by molar-refractivity contribution is -0.227. The molecule has 1 saturated carbocycles. The number of phenols is 1. The van der Waals surface area contributed by atoms with E-state index in [0.29, 0.717) is 43.2 Å². The minimum absolute atomic E-state index is 0.0577. The lowest BCUT2D eigenvalue weighted by Crippen LogP contribution is -2.62. The highest BCUT2D eigenvalue weighted by Crippen LogP contribution is 2.62. The first kappa shape index (κ1) is 32.4. The Morgan fingerprint density at radius 2 is 1.82 bits per heavy atom. The van der Waals surface area contributed by atoms with Gasteiger partial charge in [0, 0.05) is 44.3 Å². The highest BCUT2D eigenvalue weighted by Gasteiger charge is 2.63. The zero-order chi connectivity index (χ0) is 31.3. The summed E-state index contributed by atoms with van der Waals surface area (Å²) in [7, 11) is 1.51. The molecule has 1 aliphatic heterocycles. The molecule has 12 nitrogen and oxygen atoms in total. The summed E-state index contributed by atoms with van der Waals surface area (Å²) in [6, 6.07) is 4.25. The van der Waals surface area contributed by atoms with E-state index in [9.17, 15) is 20.4 Å². The summed E-state index contributed by atoms with van der Waals surface area (Å²) in [5.41, 5.74) is 2.90. The van der Waals surface area contributed by atoms with Gasteiger partial charge in [0.2, 0.25) is 12.1 Å². The van der Waals surface area contributed by atoms with Crippen molar-refractivity contribution in [2.24, 2.45) is 22.9 Å². The minimum Gasteiger partial charge on any atom is -0.508 e. The monoisotopic (exact) mass is 614 g/mol. The quantitative estimate of drug-likeness (QED) is 0.131. The van der Waals surface area contributed by atoms with Crippen molar-refractivity contribution in [3.63, 3.8) is 0 Å². The largest absolute Gasteiger partial charge is 0.508 e. The Morgan fingerprint density at radius 1 is 1.09 bits per heavy atom. The highest BCUT2D eigenvalue weighted by atomic mass is 16.7. The number of hydrogen-bond donors (Lipinski definition) is 4. The number of aliphatic hydroxyl groups excluding tert-OH is 2. The fraction of sp³-hybridized carbons (Fsp3) is 0.656. The van der Waals surface area contributed by atoms with E-state index in [1.54, 1.807) is 29.1 Å². The molecule has 2 aromatic rings. The highest BCUT2D eigenvalue weighted by molar-refractivity contribution is 6.02. The van der Waals surface area contributed by atoms with E-state index in [-0.39, 0.29) is 43.1 Å². The summed E-state index contributed by atoms with van der Waals surface area (Å²) in [6.07, 6.45) is 7.93. The van der Waals surface area contributed by atoms with Gasteiger partial charge in [0.25, 0.3) is 0 Å². The zero-order valence-corrected chi connectivity index (χ0v) is 25.8. The molecule has 1 aromatic heterocycles. The van der Waals surface area contributed by atoms with Gasteiger partial charge in [0.15, 0.2) is 0 Å². The molecule has 0 radical (unpaired) electrons. The summed E-state index contributed by atoms with van der Waals surface area (Å²) >= 11 is 0. The molecule has 0 unspecified atom stereocenters. The first-order valence-corrected chi connectivity index (χ1v) is 15.8. The zero-order valence-electron chi connectivity index (χ0n) is 25.8. The molecule has 5 rings (SSSR count). The van der Waals surface area contributed by atoms with Crippen LogP contribution in [0.25, 0.3) is 0 Å². The lowest BCUT2D eigenvalue weighted by Gasteiger charge is -2.56. The Morgan fingerprint density at radius 3 is 2.50 bits per heavy atom. The molecule has 12 heteroatoms. The summed E-state index contributed by atoms with van der Waals surface area (Å²) < 4.78 is 20.0. The Bertz CT molecular complexity index is 1310. The third kappa shape index (κ3) is 6.10. The second kappa shape index (κ2) is 14.4. The van der Waals surface area contributed by atoms with Crippen molar-refractivity contribution >= 4 is 5.71 Å². The van der Waals surface area contributed by atoms with Gasteiger partial charge in [-0.3, -0.25) is 0 Å². The van der Waals surface area contributed by atoms with E-state index in [0.717, 1.165) is 36.8 Å². The Balaban J connectivity index is 1.70. The summed E-state index contributed by atoms with van der Waals surface area (Å²) in [6.45, 7) is 4.79. The molecule has 2 aliphatic carbocycles. The van der Waals surface area contributed by atoms with Crippen molar-refractivity contribution in [2.75, 3.05) is 33.5 Å². The SMILES string of the molecule is CCOC(OCC)c1cnnn1[C@H]1CC(=NOC)C2=C[C@H](CCCCO)[C@@H](CCCCO)[C@@H]3c4cc(O)ccc4O[C@@]1(O)[C@H]23. The van der Waals surface area contributed by atoms with Gasteiger partial charge in [0.1, 0.15) is 30.3 Å². The molecule has 3 aliphatic rings. The number of nitrogens with zero attached hydrogens (tertiary/aromatic N) is 4. The lowest BCUT2D eigenvalue weighted by atomic mass is 9.55. The van der Waals surface area contributed by atoms with Crippen LogP contribution in [-0.4, -0.2) is 80.5 Å². The van der Waals surface area contributed by atoms with Crippen molar-refractivity contribution in [3.8, 4) is 11.5 Å². The van der Waals surface area contributed by atoms with E-state index in [4.69, 9.17) is 19.0 Å². The van der Waals surface area contributed by atoms with Crippen molar-refractivity contribution in [2.45, 2.75) is 82.8 Å². The second-order valence-corrected chi connectivity index (χ2v) is 11.8. The van der Waals surface area contributed by atoms with Crippen LogP contribution in [0.2, 0.25) is 0 Å². The number of oxime groups is 1. The van der Waals surface area contributed by atoms with E-state index in [1.807, 2.05) is 13.8 Å². The number of hydrogen-bond acceptors (Lipinski definition) is 11. The Kier molecular flexibility index (Phi) is 10.6. The van der Waals surface area contributed by atoms with Crippen LogP contribution in [0.4, 0.5) is 0 Å². The number of unbranched alkanes of at least 4 members (excludes halogenated alkanes) is 2. The second-order valence-electron chi connectivity index (χ2n) is 11.8. The van der Waals surface area contributed by atoms with Gasteiger partial charge in [-0.05, 0) is 75.1 Å². The van der Waals surface area contributed by atoms with Crippen LogP contribution in [0.15, 0.2) is 41.2 Å². The molecule has 4 N–H and O–H groups in total. The van der Waals surface area contributed by atoms with E-state index < -0.39 is 24.0 Å². The number of aliphatic hydroxyl groups is 3. The van der Waals surface area contributed by atoms with Gasteiger partial charge in [-0.1, -0.05) is 29.3 Å². The number of benzene rings is 1. The van der Waals surface area contributed by atoms with Crippen LogP contribution in [0.3, 0.4) is 0 Å². The van der Waals surface area contributed by atoms with Crippen LogP contribution in [-0.2, 0) is 14.3 Å². The maximum atomic E-state index is 12.9. The number of aromatic hydroxyl groups is 1. The van der Waals surface area contributed by atoms with E-state index >= 15 is 0 Å². The molecule has 2 heterocycles. The first-order chi connectivity index (χ1) is 21.4. The van der Waals surface area contributed by atoms with Crippen LogP contribution >= 0.6 is 0 Å². The number of ether oxygens (including phenoxy) is 3. The molecule has 6 atom stereocenters. The number of aromatic nitrogens is 3. The molecule has 0 bridgehead atoms.